The van der Waals surface area contributed by atoms with Gasteiger partial charge in [0.25, 0.3) is 17.9 Å². The van der Waals surface area contributed by atoms with Crippen LogP contribution in [-0.2, 0) is 11.3 Å². The van der Waals surface area contributed by atoms with Crippen LogP contribution in [-0.4, -0.2) is 55.2 Å². The van der Waals surface area contributed by atoms with Gasteiger partial charge in [-0.2, -0.15) is 5.10 Å². The van der Waals surface area contributed by atoms with Gasteiger partial charge in [0, 0.05) is 49.2 Å². The van der Waals surface area contributed by atoms with Gasteiger partial charge in [0.2, 0.25) is 0 Å². The second-order valence-corrected chi connectivity index (χ2v) is 7.27. The number of rotatable bonds is 5. The van der Waals surface area contributed by atoms with Gasteiger partial charge < -0.3 is 15.0 Å². The van der Waals surface area contributed by atoms with Crippen LogP contribution in [0.3, 0.4) is 0 Å². The molecule has 1 aliphatic heterocycles. The first-order valence-electron chi connectivity index (χ1n) is 10.1. The van der Waals surface area contributed by atoms with E-state index in [-0.39, 0.29) is 17.9 Å². The molecular formula is C22H25N5O4. The molecule has 0 bridgehead atoms. The van der Waals surface area contributed by atoms with Gasteiger partial charge >= 0.3 is 0 Å². The van der Waals surface area contributed by atoms with E-state index < -0.39 is 0 Å². The molecule has 2 aromatic heterocycles. The van der Waals surface area contributed by atoms with E-state index >= 15 is 0 Å². The molecule has 0 saturated carbocycles. The van der Waals surface area contributed by atoms with Crippen LogP contribution in [0.25, 0.3) is 11.3 Å². The second kappa shape index (κ2) is 10.9. The summed E-state index contributed by atoms with van der Waals surface area (Å²) in [5, 5.41) is 11.1. The summed E-state index contributed by atoms with van der Waals surface area (Å²) < 4.78 is 1.97. The Morgan fingerprint density at radius 1 is 1.23 bits per heavy atom. The van der Waals surface area contributed by atoms with Crippen LogP contribution in [0.1, 0.15) is 29.6 Å². The number of amides is 1. The number of likely N-dealkylation sites (tertiary alicyclic amines) is 1. The largest absolute Gasteiger partial charge is 0.483 e. The number of piperidine rings is 1. The Bertz CT molecular complexity index is 1020. The number of aromatic nitrogens is 4. The monoisotopic (exact) mass is 423 g/mol. The van der Waals surface area contributed by atoms with Crippen LogP contribution in [0.2, 0.25) is 0 Å². The molecule has 1 aliphatic rings. The fourth-order valence-electron chi connectivity index (χ4n) is 3.66. The number of hydrogen-bond acceptors (Lipinski definition) is 5. The predicted molar refractivity (Wildman–Crippen MR) is 114 cm³/mol. The maximum atomic E-state index is 12.8. The quantitative estimate of drug-likeness (QED) is 0.607. The van der Waals surface area contributed by atoms with Gasteiger partial charge in [0.1, 0.15) is 0 Å². The molecule has 31 heavy (non-hydrogen) atoms. The molecule has 1 fully saturated rings. The summed E-state index contributed by atoms with van der Waals surface area (Å²) in [4.78, 5) is 41.2. The fraction of sp³-hybridized carbons (Fsp3) is 0.318. The van der Waals surface area contributed by atoms with Crippen molar-refractivity contribution in [3.05, 3.63) is 71.0 Å². The highest BCUT2D eigenvalue weighted by Crippen LogP contribution is 2.23. The van der Waals surface area contributed by atoms with E-state index in [9.17, 15) is 9.59 Å². The second-order valence-electron chi connectivity index (χ2n) is 7.27. The zero-order valence-corrected chi connectivity index (χ0v) is 17.1. The molecule has 1 aromatic carbocycles. The van der Waals surface area contributed by atoms with Crippen molar-refractivity contribution in [1.29, 1.82) is 0 Å². The number of H-pyrrole nitrogens is 1. The Labute approximate surface area is 179 Å². The van der Waals surface area contributed by atoms with Gasteiger partial charge in [-0.3, -0.25) is 19.1 Å². The van der Waals surface area contributed by atoms with E-state index in [0.717, 1.165) is 44.5 Å². The topological polar surface area (TPSA) is 121 Å². The number of nitrogens with one attached hydrogen (secondary N) is 1. The molecule has 3 heterocycles. The molecule has 0 spiro atoms. The van der Waals surface area contributed by atoms with Crippen molar-refractivity contribution in [2.45, 2.75) is 25.8 Å². The van der Waals surface area contributed by atoms with Crippen molar-refractivity contribution in [3.63, 3.8) is 0 Å². The highest BCUT2D eigenvalue weighted by Gasteiger charge is 2.23. The zero-order chi connectivity index (χ0) is 22.1. The molecule has 1 saturated heterocycles. The molecule has 0 aliphatic carbocycles. The number of nitrogens with zero attached hydrogens (tertiary/aromatic N) is 4. The summed E-state index contributed by atoms with van der Waals surface area (Å²) in [6.07, 6.45) is 8.33. The molecule has 2 N–H and O–H groups in total. The van der Waals surface area contributed by atoms with Gasteiger partial charge in [-0.15, -0.1) is 0 Å². The van der Waals surface area contributed by atoms with Crippen LogP contribution in [0.15, 0.2) is 59.9 Å². The van der Waals surface area contributed by atoms with Crippen molar-refractivity contribution in [2.75, 3.05) is 13.1 Å². The van der Waals surface area contributed by atoms with Gasteiger partial charge in [-0.1, -0.05) is 12.1 Å². The minimum absolute atomic E-state index is 0.0657. The summed E-state index contributed by atoms with van der Waals surface area (Å²) in [5.41, 5.74) is 1.89. The van der Waals surface area contributed by atoms with Crippen LogP contribution >= 0.6 is 0 Å². The maximum absolute atomic E-state index is 12.8. The Kier molecular flexibility index (Phi) is 7.69. The molecule has 0 radical (unpaired) electrons. The van der Waals surface area contributed by atoms with Crippen molar-refractivity contribution in [1.82, 2.24) is 24.6 Å². The molecule has 3 aromatic rings. The lowest BCUT2D eigenvalue weighted by Crippen LogP contribution is -2.38. The summed E-state index contributed by atoms with van der Waals surface area (Å²) >= 11 is 0. The normalized spacial score (nSPS) is 13.9. The first-order chi connectivity index (χ1) is 15.1. The lowest BCUT2D eigenvalue weighted by Gasteiger charge is -2.32. The van der Waals surface area contributed by atoms with Gasteiger partial charge in [0.15, 0.2) is 0 Å². The minimum atomic E-state index is -0.250. The van der Waals surface area contributed by atoms with E-state index in [0.29, 0.717) is 17.2 Å². The van der Waals surface area contributed by atoms with E-state index in [1.807, 2.05) is 46.1 Å². The summed E-state index contributed by atoms with van der Waals surface area (Å²) in [5.74, 6) is 0.703. The molecule has 9 heteroatoms. The Balaban J connectivity index is 0.000000858. The number of carbonyl (C=O) groups is 2. The van der Waals surface area contributed by atoms with Gasteiger partial charge in [-0.25, -0.2) is 4.98 Å². The minimum Gasteiger partial charge on any atom is -0.483 e. The standard InChI is InChI=1S/C21H23N5O2.CH2O2/c27-20-14-19(22-15-23-20)17-2-4-18(5-3-17)21(28)25-11-6-16(7-12-25)8-13-26-10-1-9-24-26;2-1-3/h1-5,9-10,14-16H,6-8,11-13H2,(H,22,23,27);1H,(H,2,3). The number of aromatic amines is 1. The Morgan fingerprint density at radius 3 is 2.55 bits per heavy atom. The SMILES string of the molecule is O=C(c1ccc(-c2cc(=O)[nH]cn2)cc1)N1CCC(CCn2cccn2)CC1.O=CO. The highest BCUT2D eigenvalue weighted by atomic mass is 16.3. The number of benzene rings is 1. The molecule has 4 rings (SSSR count). The highest BCUT2D eigenvalue weighted by molar-refractivity contribution is 5.94. The van der Waals surface area contributed by atoms with Crippen molar-refractivity contribution < 1.29 is 14.7 Å². The van der Waals surface area contributed by atoms with E-state index in [2.05, 4.69) is 15.1 Å². The molecule has 0 unspecified atom stereocenters. The third-order valence-corrected chi connectivity index (χ3v) is 5.33. The van der Waals surface area contributed by atoms with E-state index in [1.165, 1.54) is 12.4 Å². The van der Waals surface area contributed by atoms with Gasteiger partial charge in [-0.05, 0) is 43.4 Å². The Morgan fingerprint density at radius 2 is 1.94 bits per heavy atom. The summed E-state index contributed by atoms with van der Waals surface area (Å²) in [6, 6.07) is 10.7. The smallest absolute Gasteiger partial charge is 0.290 e. The molecule has 162 valence electrons. The number of carboxylic acid groups (broad SMARTS) is 1. The number of aryl methyl sites for hydroxylation is 1. The van der Waals surface area contributed by atoms with E-state index in [4.69, 9.17) is 9.90 Å². The third kappa shape index (κ3) is 6.11. The maximum Gasteiger partial charge on any atom is 0.290 e. The average Bonchev–Trinajstić information content (AvgIpc) is 3.32. The van der Waals surface area contributed by atoms with Crippen LogP contribution in [0, 0.1) is 5.92 Å². The lowest BCUT2D eigenvalue weighted by atomic mass is 9.93. The summed E-state index contributed by atoms with van der Waals surface area (Å²) in [6.45, 7) is 2.27. The number of hydrogen-bond donors (Lipinski definition) is 2. The predicted octanol–water partition coefficient (Wildman–Crippen LogP) is 2.28. The van der Waals surface area contributed by atoms with Crippen molar-refractivity contribution in [3.8, 4) is 11.3 Å². The molecular weight excluding hydrogens is 398 g/mol. The first-order valence-corrected chi connectivity index (χ1v) is 10.1. The van der Waals surface area contributed by atoms with Crippen LogP contribution in [0.5, 0.6) is 0 Å². The van der Waals surface area contributed by atoms with Crippen LogP contribution < -0.4 is 5.56 Å². The molecule has 1 amide bonds. The number of carbonyl (C=O) groups excluding carboxylic acids is 1. The first kappa shape index (κ1) is 21.9. The fourth-order valence-corrected chi connectivity index (χ4v) is 3.66. The zero-order valence-electron chi connectivity index (χ0n) is 17.1. The van der Waals surface area contributed by atoms with Crippen molar-refractivity contribution >= 4 is 12.4 Å². The van der Waals surface area contributed by atoms with Gasteiger partial charge in [0.05, 0.1) is 12.0 Å². The molecule has 9 nitrogen and oxygen atoms in total. The molecule has 0 atom stereocenters. The Hall–Kier alpha value is -3.75. The lowest BCUT2D eigenvalue weighted by molar-refractivity contribution is -0.122. The third-order valence-electron chi connectivity index (χ3n) is 5.33. The van der Waals surface area contributed by atoms with E-state index in [1.54, 1.807) is 6.20 Å². The summed E-state index contributed by atoms with van der Waals surface area (Å²) in [7, 11) is 0. The average molecular weight is 423 g/mol. The van der Waals surface area contributed by atoms with Crippen molar-refractivity contribution in [2.24, 2.45) is 5.92 Å². The van der Waals surface area contributed by atoms with Crippen LogP contribution in [0.4, 0.5) is 0 Å².